The molecule has 0 spiro atoms. The Morgan fingerprint density at radius 2 is 2.09 bits per heavy atom. The highest BCUT2D eigenvalue weighted by atomic mass is 16.5. The van der Waals surface area contributed by atoms with Crippen molar-refractivity contribution in [3.05, 3.63) is 84.6 Å². The largest absolute Gasteiger partial charge is 0.497 e. The standard InChI is InChI=1S/C29H30N2O2/c1-3-22-20-31-16-14-23(22)18-28(31)29(33-17-7-10-21-8-5-4-6-9-21)25-13-15-30-27-12-11-24(32-2)19-26(25)27/h3-6,8-9,11-13,15,19,22-23,28-29H,1,14,16-18,20H2,2H3/t22-,23-,28-,29+/m0/s1. The topological polar surface area (TPSA) is 34.6 Å². The summed E-state index contributed by atoms with van der Waals surface area (Å²) in [6.07, 6.45) is 6.29. The SMILES string of the molecule is C=C[C@H]1CN2CC[C@H]1C[C@H]2[C@H](OCC#Cc1ccccc1)c1ccnc2ccc(OC)cc12. The van der Waals surface area contributed by atoms with Crippen LogP contribution in [0.5, 0.6) is 5.75 Å². The number of ether oxygens (including phenoxy) is 2. The van der Waals surface area contributed by atoms with Gasteiger partial charge in [0.1, 0.15) is 12.4 Å². The fourth-order valence-electron chi connectivity index (χ4n) is 5.41. The van der Waals surface area contributed by atoms with Gasteiger partial charge in [0, 0.05) is 29.7 Å². The van der Waals surface area contributed by atoms with Gasteiger partial charge in [-0.15, -0.1) is 6.58 Å². The van der Waals surface area contributed by atoms with Crippen molar-refractivity contribution in [1.29, 1.82) is 0 Å². The number of methoxy groups -OCH3 is 1. The van der Waals surface area contributed by atoms with Crippen molar-refractivity contribution < 1.29 is 9.47 Å². The highest BCUT2D eigenvalue weighted by Crippen LogP contribution is 2.43. The van der Waals surface area contributed by atoms with Crippen molar-refractivity contribution in [2.24, 2.45) is 11.8 Å². The van der Waals surface area contributed by atoms with E-state index < -0.39 is 0 Å². The summed E-state index contributed by atoms with van der Waals surface area (Å²) < 4.78 is 12.1. The molecule has 0 N–H and O–H groups in total. The molecule has 4 heteroatoms. The lowest BCUT2D eigenvalue weighted by Gasteiger charge is -2.51. The Hall–Kier alpha value is -3.13. The van der Waals surface area contributed by atoms with Crippen LogP contribution in [0.15, 0.2) is 73.4 Å². The summed E-state index contributed by atoms with van der Waals surface area (Å²) >= 11 is 0. The number of rotatable bonds is 6. The number of benzene rings is 2. The Morgan fingerprint density at radius 3 is 2.85 bits per heavy atom. The Labute approximate surface area is 196 Å². The van der Waals surface area contributed by atoms with Crippen molar-refractivity contribution in [1.82, 2.24) is 9.88 Å². The molecule has 2 bridgehead atoms. The first-order chi connectivity index (χ1) is 16.3. The maximum atomic E-state index is 6.58. The lowest BCUT2D eigenvalue weighted by Crippen LogP contribution is -2.55. The van der Waals surface area contributed by atoms with Gasteiger partial charge in [-0.2, -0.15) is 0 Å². The number of piperidine rings is 3. The van der Waals surface area contributed by atoms with Gasteiger partial charge in [0.15, 0.2) is 0 Å². The average molecular weight is 439 g/mol. The summed E-state index contributed by atoms with van der Waals surface area (Å²) in [5.74, 6) is 8.52. The molecule has 1 unspecified atom stereocenters. The molecule has 3 saturated heterocycles. The molecule has 33 heavy (non-hydrogen) atoms. The number of pyridine rings is 1. The fraction of sp³-hybridized carbons (Fsp3) is 0.345. The number of aromatic nitrogens is 1. The zero-order valence-corrected chi connectivity index (χ0v) is 19.1. The van der Waals surface area contributed by atoms with E-state index in [9.17, 15) is 0 Å². The molecule has 168 valence electrons. The minimum absolute atomic E-state index is 0.0822. The molecule has 3 aliphatic heterocycles. The molecule has 1 aromatic heterocycles. The molecule has 4 heterocycles. The first kappa shape index (κ1) is 21.7. The fourth-order valence-corrected chi connectivity index (χ4v) is 5.41. The van der Waals surface area contributed by atoms with Crippen molar-refractivity contribution >= 4 is 10.9 Å². The Bertz CT molecular complexity index is 1180. The molecule has 0 saturated carbocycles. The van der Waals surface area contributed by atoms with E-state index in [0.29, 0.717) is 24.5 Å². The highest BCUT2D eigenvalue weighted by molar-refractivity contribution is 5.84. The quantitative estimate of drug-likeness (QED) is 0.389. The van der Waals surface area contributed by atoms with Gasteiger partial charge in [-0.1, -0.05) is 36.1 Å². The van der Waals surface area contributed by atoms with E-state index in [-0.39, 0.29) is 6.10 Å². The van der Waals surface area contributed by atoms with Gasteiger partial charge >= 0.3 is 0 Å². The van der Waals surface area contributed by atoms with Crippen LogP contribution < -0.4 is 4.74 Å². The van der Waals surface area contributed by atoms with Crippen LogP contribution >= 0.6 is 0 Å². The van der Waals surface area contributed by atoms with Crippen molar-refractivity contribution in [3.8, 4) is 17.6 Å². The van der Waals surface area contributed by atoms with E-state index in [4.69, 9.17) is 9.47 Å². The summed E-state index contributed by atoms with van der Waals surface area (Å²) in [4.78, 5) is 7.18. The smallest absolute Gasteiger partial charge is 0.119 e. The molecular weight excluding hydrogens is 408 g/mol. The molecule has 0 radical (unpaired) electrons. The minimum Gasteiger partial charge on any atom is -0.497 e. The Balaban J connectivity index is 1.48. The second-order valence-corrected chi connectivity index (χ2v) is 8.93. The maximum Gasteiger partial charge on any atom is 0.119 e. The molecule has 3 aromatic rings. The zero-order valence-electron chi connectivity index (χ0n) is 19.1. The maximum absolute atomic E-state index is 6.58. The van der Waals surface area contributed by atoms with Crippen LogP contribution in [0.2, 0.25) is 0 Å². The second kappa shape index (κ2) is 9.79. The molecular formula is C29H30N2O2. The minimum atomic E-state index is -0.0822. The van der Waals surface area contributed by atoms with Gasteiger partial charge < -0.3 is 9.47 Å². The predicted molar refractivity (Wildman–Crippen MR) is 132 cm³/mol. The lowest BCUT2D eigenvalue weighted by molar-refractivity contribution is -0.0673. The second-order valence-electron chi connectivity index (χ2n) is 8.93. The lowest BCUT2D eigenvalue weighted by atomic mass is 9.73. The van der Waals surface area contributed by atoms with E-state index >= 15 is 0 Å². The number of nitrogens with zero attached hydrogens (tertiary/aromatic N) is 2. The van der Waals surface area contributed by atoms with Gasteiger partial charge in [0.2, 0.25) is 0 Å². The average Bonchev–Trinajstić information content (AvgIpc) is 2.89. The van der Waals surface area contributed by atoms with Crippen LogP contribution in [0.1, 0.15) is 30.1 Å². The molecule has 3 aliphatic rings. The van der Waals surface area contributed by atoms with Gasteiger partial charge in [-0.3, -0.25) is 9.88 Å². The summed E-state index contributed by atoms with van der Waals surface area (Å²) in [5, 5.41) is 1.08. The molecule has 2 aromatic carbocycles. The molecule has 0 aliphatic carbocycles. The first-order valence-corrected chi connectivity index (χ1v) is 11.7. The molecule has 4 nitrogen and oxygen atoms in total. The van der Waals surface area contributed by atoms with Crippen LogP contribution in [-0.2, 0) is 4.74 Å². The third kappa shape index (κ3) is 4.53. The number of fused-ring (bicyclic) bond motifs is 4. The molecule has 5 atom stereocenters. The van der Waals surface area contributed by atoms with E-state index in [1.54, 1.807) is 7.11 Å². The van der Waals surface area contributed by atoms with Crippen LogP contribution in [0.3, 0.4) is 0 Å². The predicted octanol–water partition coefficient (Wildman–Crippen LogP) is 5.25. The van der Waals surface area contributed by atoms with Crippen molar-refractivity contribution in [2.75, 3.05) is 26.8 Å². The van der Waals surface area contributed by atoms with Gasteiger partial charge in [0.05, 0.1) is 18.7 Å². The van der Waals surface area contributed by atoms with E-state index in [2.05, 4.69) is 46.5 Å². The molecule has 6 rings (SSSR count). The van der Waals surface area contributed by atoms with Crippen LogP contribution in [0.25, 0.3) is 10.9 Å². The first-order valence-electron chi connectivity index (χ1n) is 11.7. The van der Waals surface area contributed by atoms with Crippen LogP contribution in [-0.4, -0.2) is 42.7 Å². The van der Waals surface area contributed by atoms with E-state index in [0.717, 1.165) is 47.3 Å². The van der Waals surface area contributed by atoms with Gasteiger partial charge in [-0.05, 0) is 73.2 Å². The normalized spacial score (nSPS) is 24.6. The number of hydrogen-bond acceptors (Lipinski definition) is 4. The highest BCUT2D eigenvalue weighted by Gasteiger charge is 2.43. The van der Waals surface area contributed by atoms with Crippen LogP contribution in [0, 0.1) is 23.7 Å². The van der Waals surface area contributed by atoms with E-state index in [1.807, 2.05) is 48.7 Å². The number of hydrogen-bond donors (Lipinski definition) is 0. The third-order valence-electron chi connectivity index (χ3n) is 7.13. The van der Waals surface area contributed by atoms with Crippen molar-refractivity contribution in [3.63, 3.8) is 0 Å². The Kier molecular flexibility index (Phi) is 6.44. The van der Waals surface area contributed by atoms with Gasteiger partial charge in [0.25, 0.3) is 0 Å². The summed E-state index contributed by atoms with van der Waals surface area (Å²) in [7, 11) is 1.70. The van der Waals surface area contributed by atoms with Crippen molar-refractivity contribution in [2.45, 2.75) is 25.0 Å². The third-order valence-corrected chi connectivity index (χ3v) is 7.13. The van der Waals surface area contributed by atoms with Gasteiger partial charge in [-0.25, -0.2) is 0 Å². The van der Waals surface area contributed by atoms with Crippen LogP contribution in [0.4, 0.5) is 0 Å². The Morgan fingerprint density at radius 1 is 1.21 bits per heavy atom. The monoisotopic (exact) mass is 438 g/mol. The summed E-state index contributed by atoms with van der Waals surface area (Å²) in [5.41, 5.74) is 3.12. The summed E-state index contributed by atoms with van der Waals surface area (Å²) in [6.45, 7) is 6.63. The zero-order chi connectivity index (χ0) is 22.6. The molecule has 3 fully saturated rings. The molecule has 0 amide bonds. The summed E-state index contributed by atoms with van der Waals surface area (Å²) in [6, 6.07) is 18.5. The van der Waals surface area contributed by atoms with E-state index in [1.165, 1.54) is 6.42 Å².